The van der Waals surface area contributed by atoms with Gasteiger partial charge in [-0.1, -0.05) is 36.0 Å². The first-order valence-electron chi connectivity index (χ1n) is 5.84. The molecule has 0 radical (unpaired) electrons. The molecule has 3 N–H and O–H groups in total. The summed E-state index contributed by atoms with van der Waals surface area (Å²) in [6, 6.07) is 11.6. The third-order valence-corrected chi connectivity index (χ3v) is 3.19. The molecule has 0 saturated carbocycles. The average molecular weight is 292 g/mol. The maximum absolute atomic E-state index is 5.99. The van der Waals surface area contributed by atoms with Crippen LogP contribution in [0, 0.1) is 0 Å². The van der Waals surface area contributed by atoms with E-state index in [1.807, 2.05) is 36.4 Å². The van der Waals surface area contributed by atoms with Crippen LogP contribution in [-0.2, 0) is 0 Å². The van der Waals surface area contributed by atoms with Crippen molar-refractivity contribution in [2.45, 2.75) is 13.0 Å². The van der Waals surface area contributed by atoms with E-state index < -0.39 is 0 Å². The van der Waals surface area contributed by atoms with Crippen LogP contribution < -0.4 is 11.1 Å². The number of pyridine rings is 1. The quantitative estimate of drug-likeness (QED) is 0.846. The maximum Gasteiger partial charge on any atom is 0.122 e. The molecule has 1 aromatic heterocycles. The van der Waals surface area contributed by atoms with Gasteiger partial charge in [0, 0.05) is 22.9 Å². The number of rotatable bonds is 4. The number of nitrogens with zero attached hydrogens (tertiary/aromatic N) is 1. The van der Waals surface area contributed by atoms with E-state index in [-0.39, 0.29) is 6.04 Å². The number of nitrogens with two attached hydrogens (primary N) is 1. The van der Waals surface area contributed by atoms with Crippen molar-refractivity contribution in [2.24, 2.45) is 5.73 Å². The molecule has 0 amide bonds. The zero-order valence-electron chi connectivity index (χ0n) is 10.4. The molecule has 0 bridgehead atoms. The van der Waals surface area contributed by atoms with Gasteiger partial charge in [-0.15, -0.1) is 0 Å². The van der Waals surface area contributed by atoms with Crippen LogP contribution in [0.4, 0.5) is 5.69 Å². The van der Waals surface area contributed by atoms with Crippen LogP contribution in [0.3, 0.4) is 0 Å². The molecular weight excluding hydrogens is 278 g/mol. The number of hydrogen-bond acceptors (Lipinski definition) is 3. The van der Waals surface area contributed by atoms with E-state index in [4.69, 9.17) is 29.6 Å². The Morgan fingerprint density at radius 1 is 1.37 bits per heavy atom. The van der Waals surface area contributed by atoms with Crippen molar-refractivity contribution in [3.05, 3.63) is 58.9 Å². The van der Waals surface area contributed by atoms with Gasteiger partial charge in [-0.25, -0.2) is 0 Å². The molecule has 19 heavy (non-hydrogen) atoms. The summed E-state index contributed by atoms with van der Waals surface area (Å²) in [5.41, 5.74) is 8.21. The SMILES string of the molecule is CC(Nc1ccnc(C(N)=S)c1)c1cccc(Cl)c1. The molecule has 0 aliphatic carbocycles. The second-order valence-corrected chi connectivity index (χ2v) is 5.09. The number of halogens is 1. The van der Waals surface area contributed by atoms with Crippen molar-refractivity contribution < 1.29 is 0 Å². The van der Waals surface area contributed by atoms with Crippen molar-refractivity contribution in [1.29, 1.82) is 0 Å². The van der Waals surface area contributed by atoms with Gasteiger partial charge in [0.15, 0.2) is 0 Å². The van der Waals surface area contributed by atoms with E-state index in [2.05, 4.69) is 17.2 Å². The van der Waals surface area contributed by atoms with Gasteiger partial charge in [0.25, 0.3) is 0 Å². The lowest BCUT2D eigenvalue weighted by Gasteiger charge is -2.16. The number of nitrogens with one attached hydrogen (secondary N) is 1. The molecule has 1 unspecified atom stereocenters. The van der Waals surface area contributed by atoms with Crippen molar-refractivity contribution >= 4 is 34.5 Å². The minimum Gasteiger partial charge on any atom is -0.388 e. The van der Waals surface area contributed by atoms with Gasteiger partial charge in [0.2, 0.25) is 0 Å². The Labute approximate surface area is 122 Å². The smallest absolute Gasteiger partial charge is 0.122 e. The molecule has 0 saturated heterocycles. The first kappa shape index (κ1) is 13.8. The van der Waals surface area contributed by atoms with Crippen LogP contribution in [0.5, 0.6) is 0 Å². The Morgan fingerprint density at radius 3 is 2.84 bits per heavy atom. The summed E-state index contributed by atoms with van der Waals surface area (Å²) < 4.78 is 0. The lowest BCUT2D eigenvalue weighted by Crippen LogP contribution is -2.13. The maximum atomic E-state index is 5.99. The Morgan fingerprint density at radius 2 is 2.16 bits per heavy atom. The minimum atomic E-state index is 0.125. The highest BCUT2D eigenvalue weighted by atomic mass is 35.5. The summed E-state index contributed by atoms with van der Waals surface area (Å²) >= 11 is 10.9. The highest BCUT2D eigenvalue weighted by Crippen LogP contribution is 2.21. The third kappa shape index (κ3) is 3.66. The predicted molar refractivity (Wildman–Crippen MR) is 83.6 cm³/mol. The zero-order chi connectivity index (χ0) is 13.8. The van der Waals surface area contributed by atoms with E-state index in [1.165, 1.54) is 0 Å². The fourth-order valence-electron chi connectivity index (χ4n) is 1.76. The fourth-order valence-corrected chi connectivity index (χ4v) is 2.07. The molecule has 0 aliphatic rings. The summed E-state index contributed by atoms with van der Waals surface area (Å²) in [5, 5.41) is 4.09. The first-order chi connectivity index (χ1) is 9.06. The number of anilines is 1. The van der Waals surface area contributed by atoms with Crippen molar-refractivity contribution in [3.8, 4) is 0 Å². The monoisotopic (exact) mass is 291 g/mol. The molecule has 3 nitrogen and oxygen atoms in total. The van der Waals surface area contributed by atoms with E-state index in [1.54, 1.807) is 6.20 Å². The molecule has 1 atom stereocenters. The van der Waals surface area contributed by atoms with E-state index >= 15 is 0 Å². The summed E-state index contributed by atoms with van der Waals surface area (Å²) in [6.07, 6.45) is 1.68. The lowest BCUT2D eigenvalue weighted by atomic mass is 10.1. The van der Waals surface area contributed by atoms with Gasteiger partial charge in [-0.05, 0) is 36.8 Å². The number of benzene rings is 1. The van der Waals surface area contributed by atoms with Crippen LogP contribution in [0.1, 0.15) is 24.2 Å². The van der Waals surface area contributed by atoms with Gasteiger partial charge in [0.05, 0.1) is 5.69 Å². The Balaban J connectivity index is 2.17. The molecule has 0 fully saturated rings. The third-order valence-electron chi connectivity index (χ3n) is 2.74. The second-order valence-electron chi connectivity index (χ2n) is 4.22. The number of aromatic nitrogens is 1. The van der Waals surface area contributed by atoms with Gasteiger partial charge >= 0.3 is 0 Å². The van der Waals surface area contributed by atoms with E-state index in [9.17, 15) is 0 Å². The largest absolute Gasteiger partial charge is 0.388 e. The normalized spacial score (nSPS) is 11.9. The van der Waals surface area contributed by atoms with Crippen molar-refractivity contribution in [2.75, 3.05) is 5.32 Å². The number of hydrogen-bond donors (Lipinski definition) is 2. The fraction of sp³-hybridized carbons (Fsp3) is 0.143. The van der Waals surface area contributed by atoms with Crippen molar-refractivity contribution in [1.82, 2.24) is 4.98 Å². The molecule has 2 rings (SSSR count). The van der Waals surface area contributed by atoms with Gasteiger partial charge in [-0.2, -0.15) is 0 Å². The predicted octanol–water partition coefficient (Wildman–Crippen LogP) is 3.54. The molecule has 0 spiro atoms. The van der Waals surface area contributed by atoms with Crippen LogP contribution in [0.15, 0.2) is 42.6 Å². The molecular formula is C14H14ClN3S. The van der Waals surface area contributed by atoms with Gasteiger partial charge < -0.3 is 11.1 Å². The van der Waals surface area contributed by atoms with Crippen LogP contribution in [0.25, 0.3) is 0 Å². The Kier molecular flexibility index (Phi) is 4.35. The van der Waals surface area contributed by atoms with Gasteiger partial charge in [-0.3, -0.25) is 4.98 Å². The molecule has 1 aromatic carbocycles. The molecule has 5 heteroatoms. The van der Waals surface area contributed by atoms with Crippen LogP contribution in [0.2, 0.25) is 5.02 Å². The molecule has 0 aliphatic heterocycles. The summed E-state index contributed by atoms with van der Waals surface area (Å²) in [6.45, 7) is 2.06. The van der Waals surface area contributed by atoms with Crippen LogP contribution >= 0.6 is 23.8 Å². The molecule has 2 aromatic rings. The highest BCUT2D eigenvalue weighted by Gasteiger charge is 2.07. The summed E-state index contributed by atoms with van der Waals surface area (Å²) in [7, 11) is 0. The summed E-state index contributed by atoms with van der Waals surface area (Å²) in [5.74, 6) is 0. The Hall–Kier alpha value is -1.65. The van der Waals surface area contributed by atoms with E-state index in [0.29, 0.717) is 10.7 Å². The van der Waals surface area contributed by atoms with Gasteiger partial charge in [0.1, 0.15) is 4.99 Å². The van der Waals surface area contributed by atoms with E-state index in [0.717, 1.165) is 16.3 Å². The minimum absolute atomic E-state index is 0.125. The second kappa shape index (κ2) is 5.99. The Bertz CT molecular complexity index is 601. The van der Waals surface area contributed by atoms with Crippen LogP contribution in [-0.4, -0.2) is 9.97 Å². The molecule has 1 heterocycles. The highest BCUT2D eigenvalue weighted by molar-refractivity contribution is 7.80. The number of thiocarbonyl (C=S) groups is 1. The standard InChI is InChI=1S/C14H14ClN3S/c1-9(10-3-2-4-11(15)7-10)18-12-5-6-17-13(8-12)14(16)19/h2-9H,1H3,(H2,16,19)(H,17,18). The lowest BCUT2D eigenvalue weighted by molar-refractivity contribution is 0.884. The zero-order valence-corrected chi connectivity index (χ0v) is 12.0. The topological polar surface area (TPSA) is 50.9 Å². The first-order valence-corrected chi connectivity index (χ1v) is 6.63. The average Bonchev–Trinajstić information content (AvgIpc) is 2.39. The summed E-state index contributed by atoms with van der Waals surface area (Å²) in [4.78, 5) is 4.40. The van der Waals surface area contributed by atoms with Crippen molar-refractivity contribution in [3.63, 3.8) is 0 Å². The molecule has 98 valence electrons.